The Bertz CT molecular complexity index is 1230. The van der Waals surface area contributed by atoms with Gasteiger partial charge in [0.25, 0.3) is 5.56 Å². The summed E-state index contributed by atoms with van der Waals surface area (Å²) in [5, 5.41) is 32.4. The van der Waals surface area contributed by atoms with Gasteiger partial charge in [0.1, 0.15) is 37.0 Å². The van der Waals surface area contributed by atoms with Crippen molar-refractivity contribution in [2.75, 3.05) is 18.9 Å². The Morgan fingerprint density at radius 1 is 1.38 bits per heavy atom. The van der Waals surface area contributed by atoms with Gasteiger partial charge in [-0.3, -0.25) is 28.7 Å². The molecule has 206 valence electrons. The van der Waals surface area contributed by atoms with Crippen LogP contribution < -0.4 is 28.1 Å². The second kappa shape index (κ2) is 11.0. The number of aromatic nitrogens is 4. The molecule has 0 aliphatic carbocycles. The Hall–Kier alpha value is -2.64. The fourth-order valence-electron chi connectivity index (χ4n) is 4.08. The van der Waals surface area contributed by atoms with Gasteiger partial charge < -0.3 is 46.9 Å². The second-order valence-corrected chi connectivity index (χ2v) is 9.88. The number of nitrogens with one attached hydrogen (secondary N) is 2. The van der Waals surface area contributed by atoms with Crippen LogP contribution in [-0.4, -0.2) is 89.8 Å². The molecule has 2 aromatic rings. The van der Waals surface area contributed by atoms with Crippen LogP contribution in [0.3, 0.4) is 0 Å². The standard InChI is InChI=1S/C18H29N8O10P/c19-11(20)3-12(29)23-13-2-8(9(4-27)34-13)36-37(31,32)33-5-10-7(28)1-14(35-10)26-6-22-15-16(26)24-18(21)25-17(15)30/h3,6-10,12-14,23,27-29H,1-2,4-5,19-20H2,(H,31,32)(H3,21,24,25,30)/t7?,8?,9-,10-,12?,13+,14-/m1/s1. The summed E-state index contributed by atoms with van der Waals surface area (Å²) in [4.78, 5) is 32.6. The molecule has 37 heavy (non-hydrogen) atoms. The number of hydrogen-bond donors (Lipinski definition) is 9. The van der Waals surface area contributed by atoms with E-state index in [0.29, 0.717) is 0 Å². The molecule has 4 unspecified atom stereocenters. The monoisotopic (exact) mass is 548 g/mol. The minimum absolute atomic E-state index is 0.0257. The fraction of sp³-hybridized carbons (Fsp3) is 0.611. The van der Waals surface area contributed by atoms with Crippen molar-refractivity contribution in [1.29, 1.82) is 0 Å². The minimum atomic E-state index is -4.70. The van der Waals surface area contributed by atoms with E-state index in [1.54, 1.807) is 0 Å². The van der Waals surface area contributed by atoms with Crippen LogP contribution in [0.1, 0.15) is 19.1 Å². The van der Waals surface area contributed by atoms with Gasteiger partial charge in [-0.1, -0.05) is 0 Å². The smallest absolute Gasteiger partial charge is 0.394 e. The first-order valence-electron chi connectivity index (χ1n) is 11.1. The highest BCUT2D eigenvalue weighted by Crippen LogP contribution is 2.48. The van der Waals surface area contributed by atoms with E-state index in [1.165, 1.54) is 10.9 Å². The van der Waals surface area contributed by atoms with Crippen molar-refractivity contribution in [3.05, 3.63) is 28.6 Å². The number of aromatic amines is 1. The van der Waals surface area contributed by atoms with Gasteiger partial charge in [-0.2, -0.15) is 4.98 Å². The maximum Gasteiger partial charge on any atom is 0.472 e. The zero-order chi connectivity index (χ0) is 26.9. The Morgan fingerprint density at radius 3 is 2.84 bits per heavy atom. The summed E-state index contributed by atoms with van der Waals surface area (Å²) < 4.78 is 35.4. The molecule has 0 aromatic carbocycles. The number of aliphatic hydroxyl groups is 3. The second-order valence-electron chi connectivity index (χ2n) is 8.48. The fourth-order valence-corrected chi connectivity index (χ4v) is 5.04. The lowest BCUT2D eigenvalue weighted by molar-refractivity contribution is -0.0550. The van der Waals surface area contributed by atoms with Crippen LogP contribution >= 0.6 is 7.82 Å². The molecule has 19 heteroatoms. The van der Waals surface area contributed by atoms with E-state index in [2.05, 4.69) is 20.3 Å². The molecule has 2 aromatic heterocycles. The highest BCUT2D eigenvalue weighted by Gasteiger charge is 2.42. The Kier molecular flexibility index (Phi) is 8.14. The number of aliphatic hydroxyl groups excluding tert-OH is 3. The van der Waals surface area contributed by atoms with Gasteiger partial charge in [-0.05, 0) is 6.08 Å². The third-order valence-corrected chi connectivity index (χ3v) is 6.74. The van der Waals surface area contributed by atoms with Gasteiger partial charge in [-0.25, -0.2) is 9.55 Å². The normalized spacial score (nSPS) is 30.4. The average molecular weight is 548 g/mol. The minimum Gasteiger partial charge on any atom is -0.394 e. The molecule has 4 heterocycles. The number of fused-ring (bicyclic) bond motifs is 1. The Labute approximate surface area is 208 Å². The summed E-state index contributed by atoms with van der Waals surface area (Å²) in [6, 6.07) is 0. The van der Waals surface area contributed by atoms with Crippen molar-refractivity contribution in [2.45, 2.75) is 55.9 Å². The van der Waals surface area contributed by atoms with Gasteiger partial charge in [0.15, 0.2) is 11.2 Å². The maximum absolute atomic E-state index is 12.6. The lowest BCUT2D eigenvalue weighted by Crippen LogP contribution is -2.38. The molecule has 2 fully saturated rings. The first-order chi connectivity index (χ1) is 17.5. The molecule has 2 saturated heterocycles. The van der Waals surface area contributed by atoms with E-state index < -0.39 is 69.7 Å². The van der Waals surface area contributed by atoms with E-state index in [0.717, 1.165) is 6.08 Å². The van der Waals surface area contributed by atoms with Crippen LogP contribution in [-0.2, 0) is 23.1 Å². The summed E-state index contributed by atoms with van der Waals surface area (Å²) >= 11 is 0. The highest BCUT2D eigenvalue weighted by molar-refractivity contribution is 7.47. The van der Waals surface area contributed by atoms with Crippen molar-refractivity contribution >= 4 is 24.9 Å². The van der Waals surface area contributed by atoms with Crippen molar-refractivity contribution in [1.82, 2.24) is 24.8 Å². The summed E-state index contributed by atoms with van der Waals surface area (Å²) in [5.41, 5.74) is 15.8. The molecule has 0 radical (unpaired) electrons. The van der Waals surface area contributed by atoms with E-state index in [9.17, 15) is 29.6 Å². The van der Waals surface area contributed by atoms with Crippen molar-refractivity contribution in [3.8, 4) is 0 Å². The maximum atomic E-state index is 12.6. The number of anilines is 1. The molecular weight excluding hydrogens is 519 g/mol. The predicted octanol–water partition coefficient (Wildman–Crippen LogP) is -3.37. The molecule has 8 atom stereocenters. The summed E-state index contributed by atoms with van der Waals surface area (Å²) in [7, 11) is -4.70. The molecule has 2 aliphatic heterocycles. The number of imidazole rings is 1. The van der Waals surface area contributed by atoms with E-state index in [-0.39, 0.29) is 35.8 Å². The topological polar surface area (TPSA) is 289 Å². The van der Waals surface area contributed by atoms with Crippen LogP contribution in [0.4, 0.5) is 5.95 Å². The first kappa shape index (κ1) is 27.4. The zero-order valence-electron chi connectivity index (χ0n) is 19.3. The van der Waals surface area contributed by atoms with Crippen molar-refractivity contribution < 1.29 is 43.3 Å². The number of ether oxygens (including phenoxy) is 2. The number of hydrogen-bond acceptors (Lipinski definition) is 15. The lowest BCUT2D eigenvalue weighted by Gasteiger charge is -2.21. The van der Waals surface area contributed by atoms with Crippen LogP contribution in [0.15, 0.2) is 23.0 Å². The molecule has 18 nitrogen and oxygen atoms in total. The zero-order valence-corrected chi connectivity index (χ0v) is 20.2. The van der Waals surface area contributed by atoms with Crippen LogP contribution in [0.5, 0.6) is 0 Å². The SMILES string of the molecule is NC(N)=CC(O)N[C@@H]1CC(OP(=O)(O)OC[C@H]2O[C@@H](n3cnc4c(=O)[nH]c(N)nc43)CC2O)[C@@H](CO)O1. The molecule has 0 spiro atoms. The third-order valence-electron chi connectivity index (χ3n) is 5.72. The predicted molar refractivity (Wildman–Crippen MR) is 124 cm³/mol. The van der Waals surface area contributed by atoms with Gasteiger partial charge in [0.05, 0.1) is 31.5 Å². The molecule has 0 amide bonds. The number of nitrogens with two attached hydrogens (primary N) is 3. The largest absolute Gasteiger partial charge is 0.472 e. The van der Waals surface area contributed by atoms with E-state index in [1.807, 2.05) is 0 Å². The third kappa shape index (κ3) is 6.44. The molecule has 0 saturated carbocycles. The summed E-state index contributed by atoms with van der Waals surface area (Å²) in [5.74, 6) is -0.258. The van der Waals surface area contributed by atoms with E-state index in [4.69, 9.17) is 35.7 Å². The first-order valence-corrected chi connectivity index (χ1v) is 12.6. The van der Waals surface area contributed by atoms with Gasteiger partial charge >= 0.3 is 7.82 Å². The lowest BCUT2D eigenvalue weighted by atomic mass is 10.2. The quantitative estimate of drug-likeness (QED) is 0.103. The summed E-state index contributed by atoms with van der Waals surface area (Å²) in [6.45, 7) is -1.06. The molecule has 4 rings (SSSR count). The van der Waals surface area contributed by atoms with Crippen molar-refractivity contribution in [3.63, 3.8) is 0 Å². The molecule has 0 bridgehead atoms. The average Bonchev–Trinajstić information content (AvgIpc) is 3.48. The van der Waals surface area contributed by atoms with Crippen LogP contribution in [0.2, 0.25) is 0 Å². The Balaban J connectivity index is 1.34. The number of rotatable bonds is 10. The number of nitrogens with zero attached hydrogens (tertiary/aromatic N) is 3. The van der Waals surface area contributed by atoms with Gasteiger partial charge in [-0.15, -0.1) is 0 Å². The number of nitrogen functional groups attached to an aromatic ring is 1. The van der Waals surface area contributed by atoms with Gasteiger partial charge in [0.2, 0.25) is 5.95 Å². The highest BCUT2D eigenvalue weighted by atomic mass is 31.2. The number of H-pyrrole nitrogens is 1. The molecular formula is C18H29N8O10P. The molecule has 2 aliphatic rings. The Morgan fingerprint density at radius 2 is 2.14 bits per heavy atom. The van der Waals surface area contributed by atoms with Gasteiger partial charge in [0, 0.05) is 12.8 Å². The van der Waals surface area contributed by atoms with Crippen LogP contribution in [0, 0.1) is 0 Å². The number of phosphoric ester groups is 1. The summed E-state index contributed by atoms with van der Waals surface area (Å²) in [6.07, 6.45) is -4.68. The molecule has 12 N–H and O–H groups in total. The number of phosphoric acid groups is 1. The van der Waals surface area contributed by atoms with Crippen LogP contribution in [0.25, 0.3) is 11.2 Å². The van der Waals surface area contributed by atoms with Crippen molar-refractivity contribution in [2.24, 2.45) is 11.5 Å². The van der Waals surface area contributed by atoms with E-state index >= 15 is 0 Å².